The summed E-state index contributed by atoms with van der Waals surface area (Å²) in [4.78, 5) is 20.9. The number of aliphatic carboxylic acids is 2. The van der Waals surface area contributed by atoms with Gasteiger partial charge in [-0.2, -0.15) is 0 Å². The highest BCUT2D eigenvalue weighted by molar-refractivity contribution is 5.75. The lowest BCUT2D eigenvalue weighted by molar-refractivity contribution is -0.139. The second-order valence-electron chi connectivity index (χ2n) is 6.63. The van der Waals surface area contributed by atoms with Crippen molar-refractivity contribution >= 4 is 11.9 Å². The lowest BCUT2D eigenvalue weighted by Crippen LogP contribution is -2.29. The first-order valence-corrected chi connectivity index (χ1v) is 8.69. The van der Waals surface area contributed by atoms with Crippen molar-refractivity contribution in [2.75, 3.05) is 6.54 Å². The fraction of sp³-hybridized carbons (Fsp3) is 0.579. The molecule has 2 atom stereocenters. The highest BCUT2D eigenvalue weighted by atomic mass is 16.4. The molecular formula is C19H32N2O4. The Morgan fingerprint density at radius 1 is 1.00 bits per heavy atom. The van der Waals surface area contributed by atoms with Crippen LogP contribution < -0.4 is 11.5 Å². The number of carboxylic acid groups (broad SMARTS) is 2. The minimum Gasteiger partial charge on any atom is -0.481 e. The fourth-order valence-electron chi connectivity index (χ4n) is 2.19. The first kappa shape index (κ1) is 23.1. The van der Waals surface area contributed by atoms with E-state index in [1.807, 2.05) is 24.3 Å². The first-order valence-electron chi connectivity index (χ1n) is 8.69. The average Bonchev–Trinajstić information content (AvgIpc) is 2.55. The summed E-state index contributed by atoms with van der Waals surface area (Å²) in [6.07, 6.45) is 3.21. The predicted octanol–water partition coefficient (Wildman–Crippen LogP) is 2.60. The van der Waals surface area contributed by atoms with Crippen LogP contribution in [0.25, 0.3) is 0 Å². The molecular weight excluding hydrogens is 320 g/mol. The van der Waals surface area contributed by atoms with Crippen molar-refractivity contribution in [1.29, 1.82) is 0 Å². The number of hydrogen-bond acceptors (Lipinski definition) is 4. The summed E-state index contributed by atoms with van der Waals surface area (Å²) >= 11 is 0. The SMILES string of the molecule is CC(C)Cc1ccc([C@@H](C)C(=O)O)cc1.NCCCC[C@H](N)C(=O)O. The normalized spacial score (nSPS) is 12.9. The van der Waals surface area contributed by atoms with Crippen molar-refractivity contribution in [3.05, 3.63) is 35.4 Å². The summed E-state index contributed by atoms with van der Waals surface area (Å²) in [7, 11) is 0. The fourth-order valence-corrected chi connectivity index (χ4v) is 2.19. The van der Waals surface area contributed by atoms with Crippen molar-refractivity contribution in [2.45, 2.75) is 58.4 Å². The Morgan fingerprint density at radius 3 is 1.96 bits per heavy atom. The van der Waals surface area contributed by atoms with Crippen LogP contribution in [0.15, 0.2) is 24.3 Å². The quantitative estimate of drug-likeness (QED) is 0.506. The van der Waals surface area contributed by atoms with E-state index in [0.29, 0.717) is 18.9 Å². The third-order valence-electron chi connectivity index (χ3n) is 3.78. The molecule has 25 heavy (non-hydrogen) atoms. The zero-order chi connectivity index (χ0) is 19.4. The van der Waals surface area contributed by atoms with Gasteiger partial charge in [-0.3, -0.25) is 9.59 Å². The van der Waals surface area contributed by atoms with Gasteiger partial charge in [-0.05, 0) is 49.8 Å². The van der Waals surface area contributed by atoms with Gasteiger partial charge in [0.15, 0.2) is 0 Å². The number of carbonyl (C=O) groups is 2. The summed E-state index contributed by atoms with van der Waals surface area (Å²) in [5.74, 6) is -1.49. The molecule has 0 saturated carbocycles. The van der Waals surface area contributed by atoms with Crippen LogP contribution in [0.1, 0.15) is 57.1 Å². The van der Waals surface area contributed by atoms with Crippen LogP contribution in [0.5, 0.6) is 0 Å². The second kappa shape index (κ2) is 12.4. The van der Waals surface area contributed by atoms with Crippen molar-refractivity contribution in [3.8, 4) is 0 Å². The minimum absolute atomic E-state index is 0.418. The van der Waals surface area contributed by atoms with Gasteiger partial charge in [0, 0.05) is 0 Å². The molecule has 0 aliphatic rings. The maximum absolute atomic E-state index is 10.8. The van der Waals surface area contributed by atoms with Gasteiger partial charge in [0.1, 0.15) is 6.04 Å². The van der Waals surface area contributed by atoms with Crippen molar-refractivity contribution in [3.63, 3.8) is 0 Å². The summed E-state index contributed by atoms with van der Waals surface area (Å²) in [5.41, 5.74) is 12.6. The van der Waals surface area contributed by atoms with Crippen LogP contribution in [-0.2, 0) is 16.0 Å². The molecule has 1 aromatic carbocycles. The Hall–Kier alpha value is -1.92. The summed E-state index contributed by atoms with van der Waals surface area (Å²) in [6, 6.07) is 7.16. The number of benzene rings is 1. The number of rotatable bonds is 9. The molecule has 0 aromatic heterocycles. The Balaban J connectivity index is 0.000000504. The van der Waals surface area contributed by atoms with E-state index in [-0.39, 0.29) is 0 Å². The van der Waals surface area contributed by atoms with Gasteiger partial charge in [0.05, 0.1) is 5.92 Å². The van der Waals surface area contributed by atoms with Gasteiger partial charge >= 0.3 is 11.9 Å². The van der Waals surface area contributed by atoms with Crippen molar-refractivity contribution in [2.24, 2.45) is 17.4 Å². The molecule has 0 bridgehead atoms. The molecule has 0 saturated heterocycles. The molecule has 0 aliphatic heterocycles. The van der Waals surface area contributed by atoms with E-state index in [4.69, 9.17) is 21.7 Å². The molecule has 6 nitrogen and oxygen atoms in total. The van der Waals surface area contributed by atoms with E-state index in [9.17, 15) is 9.59 Å². The van der Waals surface area contributed by atoms with Crippen LogP contribution >= 0.6 is 0 Å². The van der Waals surface area contributed by atoms with Crippen LogP contribution in [-0.4, -0.2) is 34.7 Å². The summed E-state index contributed by atoms with van der Waals surface area (Å²) in [6.45, 7) is 6.66. The van der Waals surface area contributed by atoms with Crippen LogP contribution in [0, 0.1) is 5.92 Å². The first-order chi connectivity index (χ1) is 11.7. The molecule has 0 unspecified atom stereocenters. The highest BCUT2D eigenvalue weighted by Crippen LogP contribution is 2.17. The Morgan fingerprint density at radius 2 is 1.56 bits per heavy atom. The van der Waals surface area contributed by atoms with Gasteiger partial charge in [0.2, 0.25) is 0 Å². The molecule has 0 fully saturated rings. The third kappa shape index (κ3) is 10.5. The lowest BCUT2D eigenvalue weighted by atomic mass is 9.97. The van der Waals surface area contributed by atoms with Crippen LogP contribution in [0.4, 0.5) is 0 Å². The molecule has 1 aromatic rings. The van der Waals surface area contributed by atoms with E-state index in [1.54, 1.807) is 6.92 Å². The third-order valence-corrected chi connectivity index (χ3v) is 3.78. The largest absolute Gasteiger partial charge is 0.481 e. The van der Waals surface area contributed by atoms with E-state index >= 15 is 0 Å². The predicted molar refractivity (Wildman–Crippen MR) is 99.6 cm³/mol. The molecule has 0 amide bonds. The molecule has 0 radical (unpaired) electrons. The molecule has 6 N–H and O–H groups in total. The standard InChI is InChI=1S/C13H18O2.C6H14N2O2/c1-9(2)8-11-4-6-12(7-5-11)10(3)13(14)15;7-4-2-1-3-5(8)6(9)10/h4-7,9-10H,8H2,1-3H3,(H,14,15);5H,1-4,7-8H2,(H,9,10)/t10-;5-/m10/s1. The van der Waals surface area contributed by atoms with Gasteiger partial charge in [0.25, 0.3) is 0 Å². The molecule has 0 aliphatic carbocycles. The number of unbranched alkanes of at least 4 members (excludes halogenated alkanes) is 1. The molecule has 1 rings (SSSR count). The number of hydrogen-bond donors (Lipinski definition) is 4. The maximum Gasteiger partial charge on any atom is 0.320 e. The van der Waals surface area contributed by atoms with Crippen LogP contribution in [0.3, 0.4) is 0 Å². The average molecular weight is 352 g/mol. The molecule has 142 valence electrons. The molecule has 0 heterocycles. The lowest BCUT2D eigenvalue weighted by Gasteiger charge is -2.09. The van der Waals surface area contributed by atoms with Gasteiger partial charge < -0.3 is 21.7 Å². The van der Waals surface area contributed by atoms with Crippen molar-refractivity contribution < 1.29 is 19.8 Å². The van der Waals surface area contributed by atoms with Crippen molar-refractivity contribution in [1.82, 2.24) is 0 Å². The zero-order valence-corrected chi connectivity index (χ0v) is 15.4. The van der Waals surface area contributed by atoms with Gasteiger partial charge in [-0.15, -0.1) is 0 Å². The van der Waals surface area contributed by atoms with Gasteiger partial charge in [-0.25, -0.2) is 0 Å². The maximum atomic E-state index is 10.8. The van der Waals surface area contributed by atoms with E-state index in [0.717, 1.165) is 24.8 Å². The monoisotopic (exact) mass is 352 g/mol. The number of nitrogens with two attached hydrogens (primary N) is 2. The summed E-state index contributed by atoms with van der Waals surface area (Å²) in [5, 5.41) is 17.2. The van der Waals surface area contributed by atoms with Crippen LogP contribution in [0.2, 0.25) is 0 Å². The minimum atomic E-state index is -0.933. The number of carboxylic acids is 2. The smallest absolute Gasteiger partial charge is 0.320 e. The highest BCUT2D eigenvalue weighted by Gasteiger charge is 2.13. The topological polar surface area (TPSA) is 127 Å². The Bertz CT molecular complexity index is 515. The van der Waals surface area contributed by atoms with E-state index in [1.165, 1.54) is 5.56 Å². The molecule has 0 spiro atoms. The second-order valence-corrected chi connectivity index (χ2v) is 6.63. The van der Waals surface area contributed by atoms with E-state index < -0.39 is 23.9 Å². The summed E-state index contributed by atoms with van der Waals surface area (Å²) < 4.78 is 0. The van der Waals surface area contributed by atoms with Gasteiger partial charge in [-0.1, -0.05) is 44.5 Å². The molecule has 6 heteroatoms. The Labute approximate surface area is 150 Å². The Kier molecular flexibility index (Phi) is 11.5. The van der Waals surface area contributed by atoms with E-state index in [2.05, 4.69) is 13.8 Å². The zero-order valence-electron chi connectivity index (χ0n) is 15.4.